The molecule has 0 saturated carbocycles. The fourth-order valence-electron chi connectivity index (χ4n) is 4.49. The summed E-state index contributed by atoms with van der Waals surface area (Å²) in [6, 6.07) is 16.7. The normalized spacial score (nSPS) is 11.1. The molecule has 0 aliphatic rings. The number of furan rings is 2. The van der Waals surface area contributed by atoms with Crippen LogP contribution in [0.2, 0.25) is 0 Å². The van der Waals surface area contributed by atoms with Gasteiger partial charge in [0.2, 0.25) is 17.8 Å². The Balaban J connectivity index is 0.000000146. The van der Waals surface area contributed by atoms with Crippen LogP contribution in [0.1, 0.15) is 10.6 Å². The summed E-state index contributed by atoms with van der Waals surface area (Å²) in [5, 5.41) is 18.7. The van der Waals surface area contributed by atoms with Gasteiger partial charge in [0.25, 0.3) is 0 Å². The molecule has 0 atom stereocenters. The number of fused-ring (bicyclic) bond motifs is 2. The Morgan fingerprint density at radius 3 is 1.87 bits per heavy atom. The molecule has 16 nitrogen and oxygen atoms in total. The molecular formula is C28H23N13O3S. The largest absolute Gasteiger partial charge is 0.481 e. The highest BCUT2D eigenvalue weighted by Gasteiger charge is 2.18. The molecule has 0 spiro atoms. The second-order valence-electron chi connectivity index (χ2n) is 9.40. The van der Waals surface area contributed by atoms with Crippen molar-refractivity contribution in [1.82, 2.24) is 54.9 Å². The van der Waals surface area contributed by atoms with Crippen molar-refractivity contribution < 1.29 is 13.6 Å². The lowest BCUT2D eigenvalue weighted by Crippen LogP contribution is -2.06. The Morgan fingerprint density at radius 1 is 0.711 bits per heavy atom. The number of anilines is 2. The van der Waals surface area contributed by atoms with E-state index in [0.717, 1.165) is 5.69 Å². The van der Waals surface area contributed by atoms with Crippen molar-refractivity contribution in [2.24, 2.45) is 0 Å². The highest BCUT2D eigenvalue weighted by molar-refractivity contribution is 7.09. The zero-order chi connectivity index (χ0) is 30.8. The van der Waals surface area contributed by atoms with E-state index >= 15 is 0 Å². The molecule has 0 aromatic carbocycles. The molecule has 4 N–H and O–H groups in total. The van der Waals surface area contributed by atoms with Crippen LogP contribution in [0.25, 0.3) is 45.2 Å². The zero-order valence-corrected chi connectivity index (χ0v) is 24.4. The smallest absolute Gasteiger partial charge is 0.222 e. The van der Waals surface area contributed by atoms with Gasteiger partial charge in [0.1, 0.15) is 11.4 Å². The van der Waals surface area contributed by atoms with E-state index in [0.29, 0.717) is 64.2 Å². The minimum Gasteiger partial charge on any atom is -0.481 e. The van der Waals surface area contributed by atoms with Gasteiger partial charge in [-0.1, -0.05) is 22.6 Å². The minimum atomic E-state index is 0.121. The van der Waals surface area contributed by atoms with E-state index in [-0.39, 0.29) is 11.9 Å². The molecule has 8 rings (SSSR count). The van der Waals surface area contributed by atoms with Gasteiger partial charge in [0, 0.05) is 10.9 Å². The quantitative estimate of drug-likeness (QED) is 0.260. The summed E-state index contributed by atoms with van der Waals surface area (Å²) in [7, 11) is 1.57. The van der Waals surface area contributed by atoms with Gasteiger partial charge in [-0.3, -0.25) is 0 Å². The summed E-state index contributed by atoms with van der Waals surface area (Å²) in [5.74, 6) is 1.97. The molecule has 8 heterocycles. The Hall–Kier alpha value is -6.23. The Kier molecular flexibility index (Phi) is 7.24. The molecular weight excluding hydrogens is 598 g/mol. The number of pyridine rings is 1. The van der Waals surface area contributed by atoms with E-state index in [4.69, 9.17) is 25.0 Å². The van der Waals surface area contributed by atoms with Crippen molar-refractivity contribution in [3.05, 3.63) is 83.1 Å². The second kappa shape index (κ2) is 11.8. The Labute approximate surface area is 257 Å². The first-order valence-corrected chi connectivity index (χ1v) is 14.3. The number of hydrogen-bond donors (Lipinski definition) is 2. The van der Waals surface area contributed by atoms with Crippen LogP contribution < -0.4 is 16.2 Å². The Morgan fingerprint density at radius 2 is 1.33 bits per heavy atom. The lowest BCUT2D eigenvalue weighted by molar-refractivity contribution is 0.395. The summed E-state index contributed by atoms with van der Waals surface area (Å²) >= 11 is 1.65. The third kappa shape index (κ3) is 5.62. The van der Waals surface area contributed by atoms with E-state index in [1.807, 2.05) is 29.6 Å². The Bertz CT molecular complexity index is 2190. The topological polar surface area (TPSA) is 213 Å². The highest BCUT2D eigenvalue weighted by Crippen LogP contribution is 2.27. The number of ether oxygens (including phenoxy) is 1. The van der Waals surface area contributed by atoms with E-state index in [9.17, 15) is 0 Å². The van der Waals surface area contributed by atoms with E-state index < -0.39 is 0 Å². The lowest BCUT2D eigenvalue weighted by Gasteiger charge is -2.04. The number of thiophene rings is 1. The number of methoxy groups -OCH3 is 1. The van der Waals surface area contributed by atoms with Crippen molar-refractivity contribution in [3.8, 4) is 28.8 Å². The van der Waals surface area contributed by atoms with Crippen LogP contribution >= 0.6 is 11.3 Å². The molecule has 0 fully saturated rings. The maximum atomic E-state index is 5.83. The number of aromatic nitrogens is 11. The molecule has 45 heavy (non-hydrogen) atoms. The van der Waals surface area contributed by atoms with Crippen LogP contribution in [-0.2, 0) is 13.1 Å². The first kappa shape index (κ1) is 27.6. The summed E-state index contributed by atoms with van der Waals surface area (Å²) < 4.78 is 19.2. The van der Waals surface area contributed by atoms with Crippen LogP contribution in [0.15, 0.2) is 81.3 Å². The molecule has 8 aromatic rings. The van der Waals surface area contributed by atoms with Crippen molar-refractivity contribution in [3.63, 3.8) is 0 Å². The molecule has 0 unspecified atom stereocenters. The SMILES string of the molecule is COc1cccc(Cn2nnc3c(-c4ccco4)nc(N)nc32)n1.Nc1nc(-c2ccco2)c2nnn(Cc3cccs3)c2n1. The summed E-state index contributed by atoms with van der Waals surface area (Å²) in [6.45, 7) is 0.976. The fraction of sp³-hybridized carbons (Fsp3) is 0.107. The maximum Gasteiger partial charge on any atom is 0.222 e. The first-order valence-electron chi connectivity index (χ1n) is 13.4. The van der Waals surface area contributed by atoms with Crippen LogP contribution in [-0.4, -0.2) is 62.0 Å². The third-order valence-electron chi connectivity index (χ3n) is 6.46. The van der Waals surface area contributed by atoms with Gasteiger partial charge in [-0.25, -0.2) is 24.3 Å². The van der Waals surface area contributed by atoms with E-state index in [1.165, 1.54) is 4.88 Å². The van der Waals surface area contributed by atoms with Crippen LogP contribution in [0.5, 0.6) is 5.88 Å². The van der Waals surface area contributed by atoms with Gasteiger partial charge < -0.3 is 25.0 Å². The molecule has 224 valence electrons. The van der Waals surface area contributed by atoms with Gasteiger partial charge in [0.15, 0.2) is 33.8 Å². The molecule has 0 aliphatic heterocycles. The molecule has 0 aliphatic carbocycles. The summed E-state index contributed by atoms with van der Waals surface area (Å²) in [5.41, 5.74) is 15.7. The first-order chi connectivity index (χ1) is 22.1. The van der Waals surface area contributed by atoms with E-state index in [1.54, 1.807) is 70.7 Å². The number of hydrogen-bond acceptors (Lipinski definition) is 15. The molecule has 0 saturated heterocycles. The average molecular weight is 622 g/mol. The predicted molar refractivity (Wildman–Crippen MR) is 164 cm³/mol. The standard InChI is InChI=1S/C15H13N7O2.C13H10N6OS/c1-23-11-6-2-4-9(17-11)8-22-14-13(20-21-22)12(18-15(16)19-14)10-5-3-7-24-10;14-13-15-10(9-4-1-5-20-9)11-12(16-13)19(18-17-11)7-8-3-2-6-21-8/h2-7H,8H2,1H3,(H2,16,18,19);1-6H,7H2,(H2,14,15,16). The molecule has 0 radical (unpaired) electrons. The van der Waals surface area contributed by atoms with Crippen molar-refractivity contribution in [2.45, 2.75) is 13.1 Å². The van der Waals surface area contributed by atoms with Crippen LogP contribution in [0, 0.1) is 0 Å². The summed E-state index contributed by atoms with van der Waals surface area (Å²) in [4.78, 5) is 22.5. The van der Waals surface area contributed by atoms with Crippen LogP contribution in [0.3, 0.4) is 0 Å². The van der Waals surface area contributed by atoms with Crippen molar-refractivity contribution >= 4 is 45.6 Å². The third-order valence-corrected chi connectivity index (χ3v) is 7.32. The van der Waals surface area contributed by atoms with Gasteiger partial charge in [0.05, 0.1) is 38.4 Å². The molecule has 0 bridgehead atoms. The van der Waals surface area contributed by atoms with E-state index in [2.05, 4.69) is 45.5 Å². The highest BCUT2D eigenvalue weighted by atomic mass is 32.1. The molecule has 0 amide bonds. The minimum absolute atomic E-state index is 0.121. The van der Waals surface area contributed by atoms with Crippen molar-refractivity contribution in [2.75, 3.05) is 18.6 Å². The van der Waals surface area contributed by atoms with Gasteiger partial charge >= 0.3 is 0 Å². The number of nitrogens with zero attached hydrogens (tertiary/aromatic N) is 11. The number of nitrogens with two attached hydrogens (primary N) is 2. The van der Waals surface area contributed by atoms with Crippen molar-refractivity contribution in [1.29, 1.82) is 0 Å². The lowest BCUT2D eigenvalue weighted by atomic mass is 10.3. The van der Waals surface area contributed by atoms with Gasteiger partial charge in [-0.05, 0) is 41.8 Å². The number of rotatable bonds is 7. The second-order valence-corrected chi connectivity index (χ2v) is 10.4. The summed E-state index contributed by atoms with van der Waals surface area (Å²) in [6.07, 6.45) is 3.14. The molecule has 17 heteroatoms. The predicted octanol–water partition coefficient (Wildman–Crippen LogP) is 3.69. The zero-order valence-electron chi connectivity index (χ0n) is 23.5. The average Bonchev–Trinajstić information content (AvgIpc) is 3.89. The van der Waals surface area contributed by atoms with Gasteiger partial charge in [-0.15, -0.1) is 21.5 Å². The molecule has 8 aromatic heterocycles. The number of nitrogen functional groups attached to an aromatic ring is 2. The maximum absolute atomic E-state index is 5.83. The van der Waals surface area contributed by atoms with Crippen LogP contribution in [0.4, 0.5) is 11.9 Å². The fourth-order valence-corrected chi connectivity index (χ4v) is 5.18. The monoisotopic (exact) mass is 621 g/mol. The van der Waals surface area contributed by atoms with Gasteiger partial charge in [-0.2, -0.15) is 9.97 Å².